The summed E-state index contributed by atoms with van der Waals surface area (Å²) in [6, 6.07) is 13.9. The number of hydrogen-bond acceptors (Lipinski definition) is 4. The van der Waals surface area contributed by atoms with E-state index in [9.17, 15) is 5.26 Å². The van der Waals surface area contributed by atoms with E-state index < -0.39 is 0 Å². The van der Waals surface area contributed by atoms with Gasteiger partial charge in [0.15, 0.2) is 5.15 Å². The summed E-state index contributed by atoms with van der Waals surface area (Å²) in [6.07, 6.45) is 0.686. The van der Waals surface area contributed by atoms with Gasteiger partial charge in [0, 0.05) is 0 Å². The third-order valence-corrected chi connectivity index (χ3v) is 3.77. The van der Waals surface area contributed by atoms with Crippen molar-refractivity contribution >= 4 is 23.4 Å². The number of nitriles is 1. The normalized spacial score (nSPS) is 11.8. The lowest BCUT2D eigenvalue weighted by atomic mass is 10.1. The minimum absolute atomic E-state index is 0.182. The molecule has 1 atom stereocenters. The number of rotatable bonds is 4. The molecule has 2 rings (SSSR count). The molecule has 0 amide bonds. The number of aromatic nitrogens is 2. The van der Waals surface area contributed by atoms with Gasteiger partial charge < -0.3 is 0 Å². The van der Waals surface area contributed by atoms with Crippen molar-refractivity contribution < 1.29 is 0 Å². The zero-order valence-corrected chi connectivity index (χ0v) is 11.9. The molecule has 1 aromatic heterocycles. The second-order valence-electron chi connectivity index (χ2n) is 4.12. The largest absolute Gasteiger partial charge is 0.197 e. The van der Waals surface area contributed by atoms with Gasteiger partial charge in [-0.3, -0.25) is 0 Å². The van der Waals surface area contributed by atoms with Crippen molar-refractivity contribution in [2.24, 2.45) is 0 Å². The predicted molar refractivity (Wildman–Crippen MR) is 77.2 cm³/mol. The first-order valence-electron chi connectivity index (χ1n) is 5.78. The Kier molecular flexibility index (Phi) is 4.78. The molecule has 1 aromatic carbocycles. The van der Waals surface area contributed by atoms with Crippen LogP contribution in [0.1, 0.15) is 11.1 Å². The Morgan fingerprint density at radius 1 is 1.21 bits per heavy atom. The van der Waals surface area contributed by atoms with Gasteiger partial charge in [-0.25, -0.2) is 0 Å². The topological polar surface area (TPSA) is 49.6 Å². The fourth-order valence-corrected chi connectivity index (χ4v) is 2.52. The number of aryl methyl sites for hydroxylation is 1. The van der Waals surface area contributed by atoms with E-state index in [1.165, 1.54) is 17.3 Å². The van der Waals surface area contributed by atoms with Crippen molar-refractivity contribution in [2.75, 3.05) is 0 Å². The Hall–Kier alpha value is -1.57. The molecule has 0 fully saturated rings. The Bertz CT molecular complexity index is 528. The maximum atomic E-state index is 9.21. The lowest BCUT2D eigenvalue weighted by Crippen LogP contribution is -2.04. The molecule has 0 bridgehead atoms. The van der Waals surface area contributed by atoms with Gasteiger partial charge in [0.05, 0.1) is 6.07 Å². The van der Waals surface area contributed by atoms with Gasteiger partial charge in [-0.2, -0.15) is 5.26 Å². The molecular weight excluding hydrogens is 278 g/mol. The number of thioether (sulfide) groups is 1. The van der Waals surface area contributed by atoms with E-state index in [0.717, 1.165) is 5.56 Å². The summed E-state index contributed by atoms with van der Waals surface area (Å²) in [5.41, 5.74) is 2.36. The molecule has 96 valence electrons. The molecule has 5 heteroatoms. The Balaban J connectivity index is 2.03. The van der Waals surface area contributed by atoms with E-state index in [0.29, 0.717) is 16.6 Å². The van der Waals surface area contributed by atoms with E-state index >= 15 is 0 Å². The Labute approximate surface area is 121 Å². The number of benzene rings is 1. The molecule has 3 nitrogen and oxygen atoms in total. The van der Waals surface area contributed by atoms with Crippen LogP contribution >= 0.6 is 23.4 Å². The quantitative estimate of drug-likeness (QED) is 0.806. The number of hydrogen-bond donors (Lipinski definition) is 0. The average Bonchev–Trinajstić information content (AvgIpc) is 2.43. The van der Waals surface area contributed by atoms with Gasteiger partial charge >= 0.3 is 0 Å². The third-order valence-electron chi connectivity index (χ3n) is 2.56. The van der Waals surface area contributed by atoms with Crippen LogP contribution in [0.5, 0.6) is 0 Å². The van der Waals surface area contributed by atoms with Crippen molar-refractivity contribution in [1.82, 2.24) is 10.2 Å². The summed E-state index contributed by atoms with van der Waals surface area (Å²) in [7, 11) is 0. The Morgan fingerprint density at radius 3 is 2.53 bits per heavy atom. The highest BCUT2D eigenvalue weighted by Crippen LogP contribution is 2.24. The number of halogens is 1. The molecule has 0 spiro atoms. The van der Waals surface area contributed by atoms with Gasteiger partial charge in [-0.1, -0.05) is 53.2 Å². The molecule has 0 aliphatic heterocycles. The van der Waals surface area contributed by atoms with Crippen LogP contribution in [0.4, 0.5) is 0 Å². The second-order valence-corrected chi connectivity index (χ2v) is 5.73. The predicted octanol–water partition coefficient (Wildman–Crippen LogP) is 3.67. The minimum Gasteiger partial charge on any atom is -0.197 e. The summed E-state index contributed by atoms with van der Waals surface area (Å²) in [5.74, 6) is 0. The maximum absolute atomic E-state index is 9.21. The summed E-state index contributed by atoms with van der Waals surface area (Å²) in [5, 5.41) is 17.8. The molecule has 2 aromatic rings. The fraction of sp³-hybridized carbons (Fsp3) is 0.214. The molecule has 0 saturated carbocycles. The lowest BCUT2D eigenvalue weighted by molar-refractivity contribution is 0.921. The molecule has 19 heavy (non-hydrogen) atoms. The summed E-state index contributed by atoms with van der Waals surface area (Å²) >= 11 is 7.08. The van der Waals surface area contributed by atoms with Crippen molar-refractivity contribution in [3.05, 3.63) is 52.7 Å². The van der Waals surface area contributed by atoms with Crippen LogP contribution in [-0.2, 0) is 6.42 Å². The minimum atomic E-state index is -0.182. The van der Waals surface area contributed by atoms with E-state index in [4.69, 9.17) is 11.6 Å². The highest BCUT2D eigenvalue weighted by atomic mass is 35.5. The molecule has 1 heterocycles. The SMILES string of the molecule is Cc1ccc(C[C@@H](C#N)Sc2ccc(Cl)nn2)cc1. The maximum Gasteiger partial charge on any atom is 0.151 e. The van der Waals surface area contributed by atoms with Gasteiger partial charge in [0.2, 0.25) is 0 Å². The van der Waals surface area contributed by atoms with E-state index in [-0.39, 0.29) is 5.25 Å². The molecule has 0 unspecified atom stereocenters. The standard InChI is InChI=1S/C14H12ClN3S/c1-10-2-4-11(5-3-10)8-12(9-16)19-14-7-6-13(15)17-18-14/h2-7,12H,8H2,1H3/t12-/m0/s1. The Morgan fingerprint density at radius 2 is 1.95 bits per heavy atom. The molecule has 0 aliphatic rings. The molecule has 0 saturated heterocycles. The van der Waals surface area contributed by atoms with Crippen molar-refractivity contribution in [1.29, 1.82) is 5.26 Å². The van der Waals surface area contributed by atoms with Gasteiger partial charge in [-0.05, 0) is 31.0 Å². The van der Waals surface area contributed by atoms with Crippen molar-refractivity contribution in [2.45, 2.75) is 23.6 Å². The molecular formula is C14H12ClN3S. The first-order chi connectivity index (χ1) is 9.17. The van der Waals surface area contributed by atoms with E-state index in [2.05, 4.69) is 28.4 Å². The zero-order valence-electron chi connectivity index (χ0n) is 10.4. The van der Waals surface area contributed by atoms with Crippen LogP contribution < -0.4 is 0 Å². The average molecular weight is 290 g/mol. The first kappa shape index (κ1) is 13.9. The molecule has 0 aliphatic carbocycles. The molecule has 0 N–H and O–H groups in total. The van der Waals surface area contributed by atoms with Crippen LogP contribution in [0.2, 0.25) is 5.15 Å². The number of nitrogens with zero attached hydrogens (tertiary/aromatic N) is 3. The van der Waals surface area contributed by atoms with Crippen LogP contribution in [0.15, 0.2) is 41.4 Å². The zero-order chi connectivity index (χ0) is 13.7. The van der Waals surface area contributed by atoms with Crippen LogP contribution in [0.3, 0.4) is 0 Å². The highest BCUT2D eigenvalue weighted by Gasteiger charge is 2.11. The van der Waals surface area contributed by atoms with Crippen LogP contribution in [-0.4, -0.2) is 15.4 Å². The van der Waals surface area contributed by atoms with E-state index in [1.54, 1.807) is 12.1 Å². The summed E-state index contributed by atoms with van der Waals surface area (Å²) < 4.78 is 0. The lowest BCUT2D eigenvalue weighted by Gasteiger charge is -2.08. The fourth-order valence-electron chi connectivity index (χ4n) is 1.56. The van der Waals surface area contributed by atoms with Gasteiger partial charge in [0.1, 0.15) is 10.3 Å². The van der Waals surface area contributed by atoms with Crippen molar-refractivity contribution in [3.63, 3.8) is 0 Å². The summed E-state index contributed by atoms with van der Waals surface area (Å²) in [4.78, 5) is 0. The smallest absolute Gasteiger partial charge is 0.151 e. The van der Waals surface area contributed by atoms with Gasteiger partial charge in [-0.15, -0.1) is 10.2 Å². The third kappa shape index (κ3) is 4.23. The monoisotopic (exact) mass is 289 g/mol. The highest BCUT2D eigenvalue weighted by molar-refractivity contribution is 8.00. The second kappa shape index (κ2) is 6.55. The van der Waals surface area contributed by atoms with Gasteiger partial charge in [0.25, 0.3) is 0 Å². The summed E-state index contributed by atoms with van der Waals surface area (Å²) in [6.45, 7) is 2.05. The molecule has 0 radical (unpaired) electrons. The first-order valence-corrected chi connectivity index (χ1v) is 7.04. The van der Waals surface area contributed by atoms with Crippen LogP contribution in [0.25, 0.3) is 0 Å². The van der Waals surface area contributed by atoms with Crippen LogP contribution in [0, 0.1) is 18.3 Å². The van der Waals surface area contributed by atoms with E-state index in [1.807, 2.05) is 19.1 Å². The van der Waals surface area contributed by atoms with Crippen molar-refractivity contribution in [3.8, 4) is 6.07 Å².